The van der Waals surface area contributed by atoms with Gasteiger partial charge in [0.05, 0.1) is 18.1 Å². The third-order valence-corrected chi connectivity index (χ3v) is 4.11. The van der Waals surface area contributed by atoms with Crippen LogP contribution in [0.3, 0.4) is 0 Å². The minimum absolute atomic E-state index is 0.130. The number of amides is 1. The van der Waals surface area contributed by atoms with Crippen molar-refractivity contribution in [1.29, 1.82) is 0 Å². The van der Waals surface area contributed by atoms with Crippen molar-refractivity contribution in [2.24, 2.45) is 0 Å². The first-order valence-corrected chi connectivity index (χ1v) is 7.39. The lowest BCUT2D eigenvalue weighted by atomic mass is 10.0. The van der Waals surface area contributed by atoms with Gasteiger partial charge < -0.3 is 0 Å². The predicted molar refractivity (Wildman–Crippen MR) is 82.3 cm³/mol. The maximum absolute atomic E-state index is 11.6. The summed E-state index contributed by atoms with van der Waals surface area (Å²) >= 11 is 1.58. The van der Waals surface area contributed by atoms with E-state index in [4.69, 9.17) is 0 Å². The SMILES string of the molecule is CONC(=O)CSC(c1ccccc1)c1ccccc1. The minimum Gasteiger partial charge on any atom is -0.277 e. The smallest absolute Gasteiger partial charge is 0.253 e. The van der Waals surface area contributed by atoms with E-state index in [0.29, 0.717) is 5.75 Å². The highest BCUT2D eigenvalue weighted by molar-refractivity contribution is 8.00. The van der Waals surface area contributed by atoms with E-state index in [1.165, 1.54) is 18.2 Å². The molecule has 0 bridgehead atoms. The van der Waals surface area contributed by atoms with Crippen molar-refractivity contribution in [3.05, 3.63) is 71.8 Å². The Morgan fingerprint density at radius 1 is 1.05 bits per heavy atom. The summed E-state index contributed by atoms with van der Waals surface area (Å²) in [7, 11) is 1.44. The molecule has 0 aliphatic heterocycles. The van der Waals surface area contributed by atoms with Crippen molar-refractivity contribution in [2.45, 2.75) is 5.25 Å². The number of rotatable bonds is 6. The first kappa shape index (κ1) is 14.6. The van der Waals surface area contributed by atoms with Crippen LogP contribution in [-0.2, 0) is 9.63 Å². The van der Waals surface area contributed by atoms with Gasteiger partial charge in [-0.1, -0.05) is 60.7 Å². The van der Waals surface area contributed by atoms with E-state index in [1.807, 2.05) is 36.4 Å². The largest absolute Gasteiger partial charge is 0.277 e. The molecule has 0 aliphatic rings. The summed E-state index contributed by atoms with van der Waals surface area (Å²) in [5.41, 5.74) is 4.72. The van der Waals surface area contributed by atoms with E-state index >= 15 is 0 Å². The third-order valence-electron chi connectivity index (χ3n) is 2.80. The number of benzene rings is 2. The Morgan fingerprint density at radius 2 is 1.55 bits per heavy atom. The molecule has 0 aliphatic carbocycles. The normalized spacial score (nSPS) is 10.5. The van der Waals surface area contributed by atoms with Crippen LogP contribution in [-0.4, -0.2) is 18.8 Å². The van der Waals surface area contributed by atoms with Gasteiger partial charge in [-0.05, 0) is 11.1 Å². The average molecular weight is 287 g/mol. The van der Waals surface area contributed by atoms with Crippen molar-refractivity contribution in [2.75, 3.05) is 12.9 Å². The number of carbonyl (C=O) groups is 1. The van der Waals surface area contributed by atoms with E-state index in [2.05, 4.69) is 34.6 Å². The first-order chi connectivity index (χ1) is 9.81. The minimum atomic E-state index is -0.130. The molecular formula is C16H17NO2S. The fraction of sp³-hybridized carbons (Fsp3) is 0.188. The zero-order valence-corrected chi connectivity index (χ0v) is 12.1. The van der Waals surface area contributed by atoms with Crippen LogP contribution in [0.2, 0.25) is 0 Å². The first-order valence-electron chi connectivity index (χ1n) is 6.34. The number of hydrogen-bond donors (Lipinski definition) is 1. The van der Waals surface area contributed by atoms with E-state index in [9.17, 15) is 4.79 Å². The maximum Gasteiger partial charge on any atom is 0.253 e. The Morgan fingerprint density at radius 3 is 2.00 bits per heavy atom. The summed E-state index contributed by atoms with van der Waals surface area (Å²) in [5, 5.41) is 0.139. The molecule has 2 aromatic carbocycles. The van der Waals surface area contributed by atoms with Crippen LogP contribution in [0.1, 0.15) is 16.4 Å². The van der Waals surface area contributed by atoms with Gasteiger partial charge in [0, 0.05) is 0 Å². The number of carbonyl (C=O) groups excluding carboxylic acids is 1. The molecule has 0 atom stereocenters. The van der Waals surface area contributed by atoms with Gasteiger partial charge in [-0.15, -0.1) is 11.8 Å². The Hall–Kier alpha value is -1.78. The lowest BCUT2D eigenvalue weighted by molar-refractivity contribution is -0.128. The zero-order valence-electron chi connectivity index (χ0n) is 11.3. The monoisotopic (exact) mass is 287 g/mol. The summed E-state index contributed by atoms with van der Waals surface area (Å²) in [6.07, 6.45) is 0. The van der Waals surface area contributed by atoms with E-state index < -0.39 is 0 Å². The van der Waals surface area contributed by atoms with Gasteiger partial charge in [-0.25, -0.2) is 5.48 Å². The van der Waals surface area contributed by atoms with Crippen LogP contribution >= 0.6 is 11.8 Å². The molecule has 0 aromatic heterocycles. The second kappa shape index (κ2) is 7.72. The molecule has 4 heteroatoms. The van der Waals surface area contributed by atoms with Gasteiger partial charge in [0.15, 0.2) is 0 Å². The molecule has 0 fully saturated rings. The molecule has 20 heavy (non-hydrogen) atoms. The van der Waals surface area contributed by atoms with Crippen LogP contribution < -0.4 is 5.48 Å². The van der Waals surface area contributed by atoms with Gasteiger partial charge in [0.2, 0.25) is 0 Å². The molecular weight excluding hydrogens is 270 g/mol. The summed E-state index contributed by atoms with van der Waals surface area (Å²) in [4.78, 5) is 16.2. The van der Waals surface area contributed by atoms with Crippen molar-refractivity contribution in [1.82, 2.24) is 5.48 Å². The summed E-state index contributed by atoms with van der Waals surface area (Å²) in [5.74, 6) is 0.219. The highest BCUT2D eigenvalue weighted by Crippen LogP contribution is 2.35. The third kappa shape index (κ3) is 4.11. The van der Waals surface area contributed by atoms with Crippen molar-refractivity contribution < 1.29 is 9.63 Å². The number of hydroxylamine groups is 1. The fourth-order valence-electron chi connectivity index (χ4n) is 1.94. The predicted octanol–water partition coefficient (Wildman–Crippen LogP) is 3.19. The molecule has 1 N–H and O–H groups in total. The standard InChI is InChI=1S/C16H17NO2S/c1-19-17-15(18)12-20-16(13-8-4-2-5-9-13)14-10-6-3-7-11-14/h2-11,16H,12H2,1H3,(H,17,18). The topological polar surface area (TPSA) is 38.3 Å². The fourth-order valence-corrected chi connectivity index (χ4v) is 3.02. The molecule has 0 saturated carbocycles. The Balaban J connectivity index is 2.15. The van der Waals surface area contributed by atoms with E-state index in [1.54, 1.807) is 11.8 Å². The number of hydrogen-bond acceptors (Lipinski definition) is 3. The van der Waals surface area contributed by atoms with Crippen LogP contribution in [0.15, 0.2) is 60.7 Å². The summed E-state index contributed by atoms with van der Waals surface area (Å²) in [6, 6.07) is 20.4. The lowest BCUT2D eigenvalue weighted by Crippen LogP contribution is -2.24. The van der Waals surface area contributed by atoms with Crippen molar-refractivity contribution in [3.8, 4) is 0 Å². The van der Waals surface area contributed by atoms with Crippen LogP contribution in [0.25, 0.3) is 0 Å². The second-order valence-corrected chi connectivity index (χ2v) is 5.34. The molecule has 2 rings (SSSR count). The van der Waals surface area contributed by atoms with Crippen LogP contribution in [0.4, 0.5) is 0 Å². The van der Waals surface area contributed by atoms with E-state index in [0.717, 1.165) is 0 Å². The maximum atomic E-state index is 11.6. The van der Waals surface area contributed by atoms with Crippen molar-refractivity contribution in [3.63, 3.8) is 0 Å². The Labute approximate surface area is 123 Å². The van der Waals surface area contributed by atoms with Gasteiger partial charge in [0.1, 0.15) is 0 Å². The molecule has 1 amide bonds. The molecule has 2 aromatic rings. The van der Waals surface area contributed by atoms with Gasteiger partial charge in [-0.2, -0.15) is 0 Å². The van der Waals surface area contributed by atoms with E-state index in [-0.39, 0.29) is 11.2 Å². The quantitative estimate of drug-likeness (QED) is 0.829. The second-order valence-electron chi connectivity index (χ2n) is 4.24. The highest BCUT2D eigenvalue weighted by atomic mass is 32.2. The average Bonchev–Trinajstić information content (AvgIpc) is 2.50. The zero-order chi connectivity index (χ0) is 14.2. The Bertz CT molecular complexity index is 491. The summed E-state index contributed by atoms with van der Waals surface area (Å²) in [6.45, 7) is 0. The Kier molecular flexibility index (Phi) is 5.65. The van der Waals surface area contributed by atoms with Gasteiger partial charge in [-0.3, -0.25) is 9.63 Å². The van der Waals surface area contributed by atoms with Gasteiger partial charge >= 0.3 is 0 Å². The molecule has 3 nitrogen and oxygen atoms in total. The van der Waals surface area contributed by atoms with Crippen LogP contribution in [0.5, 0.6) is 0 Å². The molecule has 0 saturated heterocycles. The highest BCUT2D eigenvalue weighted by Gasteiger charge is 2.15. The van der Waals surface area contributed by atoms with Crippen molar-refractivity contribution >= 4 is 17.7 Å². The number of thioether (sulfide) groups is 1. The van der Waals surface area contributed by atoms with Gasteiger partial charge in [0.25, 0.3) is 5.91 Å². The molecule has 104 valence electrons. The molecule has 0 unspecified atom stereocenters. The molecule has 0 heterocycles. The van der Waals surface area contributed by atoms with Crippen LogP contribution in [0, 0.1) is 0 Å². The molecule has 0 radical (unpaired) electrons. The molecule has 0 spiro atoms. The lowest BCUT2D eigenvalue weighted by Gasteiger charge is -2.17. The number of nitrogens with one attached hydrogen (secondary N) is 1. The summed E-state index contributed by atoms with van der Waals surface area (Å²) < 4.78 is 0.